The number of hydrogen-bond acceptors (Lipinski definition) is 4. The molecule has 1 aromatic rings. The molecule has 2 heterocycles. The molecular formula is C13H22N2OS. The fourth-order valence-corrected chi connectivity index (χ4v) is 3.73. The van der Waals surface area contributed by atoms with Crippen LogP contribution in [0.2, 0.25) is 0 Å². The summed E-state index contributed by atoms with van der Waals surface area (Å²) in [5.74, 6) is 0. The molecular weight excluding hydrogens is 232 g/mol. The van der Waals surface area contributed by atoms with Gasteiger partial charge in [-0.3, -0.25) is 4.90 Å². The molecule has 3 N–H and O–H groups in total. The van der Waals surface area contributed by atoms with Crippen LogP contribution in [-0.4, -0.2) is 35.2 Å². The maximum absolute atomic E-state index is 9.51. The summed E-state index contributed by atoms with van der Waals surface area (Å²) in [6, 6.07) is 4.87. The SMILES string of the molecule is CC(N)C(c1cccs1)N1CCCCC1CO. The summed E-state index contributed by atoms with van der Waals surface area (Å²) >= 11 is 1.76. The Morgan fingerprint density at radius 1 is 1.59 bits per heavy atom. The highest BCUT2D eigenvalue weighted by Gasteiger charge is 2.31. The summed E-state index contributed by atoms with van der Waals surface area (Å²) < 4.78 is 0. The van der Waals surface area contributed by atoms with Crippen molar-refractivity contribution in [3.05, 3.63) is 22.4 Å². The van der Waals surface area contributed by atoms with Crippen LogP contribution >= 0.6 is 11.3 Å². The molecule has 0 bridgehead atoms. The van der Waals surface area contributed by atoms with E-state index in [0.29, 0.717) is 0 Å². The monoisotopic (exact) mass is 254 g/mol. The smallest absolute Gasteiger partial charge is 0.0593 e. The molecule has 3 unspecified atom stereocenters. The molecule has 1 aromatic heterocycles. The highest BCUT2D eigenvalue weighted by Crippen LogP contribution is 2.32. The zero-order chi connectivity index (χ0) is 12.3. The van der Waals surface area contributed by atoms with Crippen LogP contribution in [0.4, 0.5) is 0 Å². The zero-order valence-corrected chi connectivity index (χ0v) is 11.2. The Morgan fingerprint density at radius 2 is 2.41 bits per heavy atom. The van der Waals surface area contributed by atoms with Gasteiger partial charge in [0, 0.05) is 17.0 Å². The van der Waals surface area contributed by atoms with Crippen LogP contribution in [0.1, 0.15) is 37.1 Å². The number of rotatable bonds is 4. The molecule has 1 aliphatic rings. The quantitative estimate of drug-likeness (QED) is 0.864. The van der Waals surface area contributed by atoms with Crippen molar-refractivity contribution in [2.75, 3.05) is 13.2 Å². The van der Waals surface area contributed by atoms with E-state index in [0.717, 1.165) is 13.0 Å². The van der Waals surface area contributed by atoms with E-state index in [4.69, 9.17) is 5.73 Å². The Hall–Kier alpha value is -0.420. The molecule has 1 aliphatic heterocycles. The lowest BCUT2D eigenvalue weighted by atomic mass is 9.97. The van der Waals surface area contributed by atoms with Gasteiger partial charge < -0.3 is 10.8 Å². The van der Waals surface area contributed by atoms with Crippen LogP contribution in [0.15, 0.2) is 17.5 Å². The first kappa shape index (κ1) is 13.0. The van der Waals surface area contributed by atoms with Crippen LogP contribution in [0.3, 0.4) is 0 Å². The lowest BCUT2D eigenvalue weighted by Crippen LogP contribution is -2.48. The zero-order valence-electron chi connectivity index (χ0n) is 10.4. The minimum atomic E-state index is 0.0980. The van der Waals surface area contributed by atoms with Crippen molar-refractivity contribution in [1.29, 1.82) is 0 Å². The third kappa shape index (κ3) is 2.88. The molecule has 0 aliphatic carbocycles. The first-order valence-corrected chi connectivity index (χ1v) is 7.27. The standard InChI is InChI=1S/C13H22N2OS/c1-10(14)13(12-6-4-8-17-12)15-7-3-2-5-11(15)9-16/h4,6,8,10-11,13,16H,2-3,5,7,9,14H2,1H3. The van der Waals surface area contributed by atoms with Gasteiger partial charge in [-0.25, -0.2) is 0 Å². The van der Waals surface area contributed by atoms with Crippen molar-refractivity contribution in [1.82, 2.24) is 4.90 Å². The highest BCUT2D eigenvalue weighted by atomic mass is 32.1. The number of nitrogens with two attached hydrogens (primary N) is 1. The van der Waals surface area contributed by atoms with E-state index < -0.39 is 0 Å². The van der Waals surface area contributed by atoms with Gasteiger partial charge in [0.05, 0.1) is 12.6 Å². The van der Waals surface area contributed by atoms with Crippen molar-refractivity contribution in [3.8, 4) is 0 Å². The molecule has 3 atom stereocenters. The molecule has 0 aromatic carbocycles. The van der Waals surface area contributed by atoms with Gasteiger partial charge in [0.15, 0.2) is 0 Å². The fourth-order valence-electron chi connectivity index (χ4n) is 2.77. The summed E-state index contributed by atoms with van der Waals surface area (Å²) in [4.78, 5) is 3.72. The van der Waals surface area contributed by atoms with Crippen molar-refractivity contribution in [2.24, 2.45) is 5.73 Å². The minimum Gasteiger partial charge on any atom is -0.395 e. The predicted octanol–water partition coefficient (Wildman–Crippen LogP) is 1.98. The van der Waals surface area contributed by atoms with Gasteiger partial charge in [-0.05, 0) is 37.8 Å². The Balaban J connectivity index is 2.20. The maximum Gasteiger partial charge on any atom is 0.0593 e. The van der Waals surface area contributed by atoms with Crippen LogP contribution < -0.4 is 5.73 Å². The van der Waals surface area contributed by atoms with E-state index in [1.807, 2.05) is 0 Å². The Bertz CT molecular complexity index is 326. The van der Waals surface area contributed by atoms with Crippen molar-refractivity contribution in [3.63, 3.8) is 0 Å². The van der Waals surface area contributed by atoms with E-state index in [9.17, 15) is 5.11 Å². The van der Waals surface area contributed by atoms with E-state index in [1.54, 1.807) is 11.3 Å². The molecule has 1 fully saturated rings. The number of aliphatic hydroxyl groups excluding tert-OH is 1. The van der Waals surface area contributed by atoms with Gasteiger partial charge in [-0.2, -0.15) is 0 Å². The summed E-state index contributed by atoms with van der Waals surface area (Å²) in [6.07, 6.45) is 3.52. The van der Waals surface area contributed by atoms with Gasteiger partial charge in [0.2, 0.25) is 0 Å². The van der Waals surface area contributed by atoms with Crippen molar-refractivity contribution >= 4 is 11.3 Å². The predicted molar refractivity (Wildman–Crippen MR) is 72.1 cm³/mol. The molecule has 1 saturated heterocycles. The number of hydrogen-bond donors (Lipinski definition) is 2. The molecule has 0 spiro atoms. The summed E-state index contributed by atoms with van der Waals surface area (Å²) in [6.45, 7) is 3.36. The number of nitrogens with zero attached hydrogens (tertiary/aromatic N) is 1. The van der Waals surface area contributed by atoms with Gasteiger partial charge in [-0.1, -0.05) is 12.5 Å². The summed E-state index contributed by atoms with van der Waals surface area (Å²) in [7, 11) is 0. The van der Waals surface area contributed by atoms with E-state index >= 15 is 0 Å². The largest absolute Gasteiger partial charge is 0.395 e. The van der Waals surface area contributed by atoms with Crippen molar-refractivity contribution in [2.45, 2.75) is 44.3 Å². The third-order valence-electron chi connectivity index (χ3n) is 3.57. The number of aliphatic hydroxyl groups is 1. The molecule has 96 valence electrons. The van der Waals surface area contributed by atoms with E-state index in [-0.39, 0.29) is 24.7 Å². The minimum absolute atomic E-state index is 0.0980. The van der Waals surface area contributed by atoms with Crippen LogP contribution in [0.25, 0.3) is 0 Å². The summed E-state index contributed by atoms with van der Waals surface area (Å²) in [5.41, 5.74) is 6.16. The summed E-state index contributed by atoms with van der Waals surface area (Å²) in [5, 5.41) is 11.6. The molecule has 0 amide bonds. The van der Waals surface area contributed by atoms with Crippen LogP contribution in [0.5, 0.6) is 0 Å². The first-order valence-electron chi connectivity index (χ1n) is 6.39. The second-order valence-electron chi connectivity index (χ2n) is 4.89. The van der Waals surface area contributed by atoms with Gasteiger partial charge in [-0.15, -0.1) is 11.3 Å². The van der Waals surface area contributed by atoms with Crippen LogP contribution in [-0.2, 0) is 0 Å². The van der Waals surface area contributed by atoms with Crippen LogP contribution in [0, 0.1) is 0 Å². The average molecular weight is 254 g/mol. The third-order valence-corrected chi connectivity index (χ3v) is 4.52. The second kappa shape index (κ2) is 5.96. The lowest BCUT2D eigenvalue weighted by molar-refractivity contribution is 0.0457. The molecule has 3 nitrogen and oxygen atoms in total. The molecule has 17 heavy (non-hydrogen) atoms. The molecule has 0 radical (unpaired) electrons. The Kier molecular flexibility index (Phi) is 4.56. The first-order chi connectivity index (χ1) is 8.24. The molecule has 4 heteroatoms. The number of thiophene rings is 1. The highest BCUT2D eigenvalue weighted by molar-refractivity contribution is 7.10. The fraction of sp³-hybridized carbons (Fsp3) is 0.692. The van der Waals surface area contributed by atoms with E-state index in [2.05, 4.69) is 29.3 Å². The second-order valence-corrected chi connectivity index (χ2v) is 5.87. The van der Waals surface area contributed by atoms with Gasteiger partial charge >= 0.3 is 0 Å². The topological polar surface area (TPSA) is 49.5 Å². The Morgan fingerprint density at radius 3 is 3.00 bits per heavy atom. The van der Waals surface area contributed by atoms with Gasteiger partial charge in [0.1, 0.15) is 0 Å². The number of likely N-dealkylation sites (tertiary alicyclic amines) is 1. The van der Waals surface area contributed by atoms with Crippen molar-refractivity contribution < 1.29 is 5.11 Å². The average Bonchev–Trinajstić information content (AvgIpc) is 2.83. The maximum atomic E-state index is 9.51. The lowest BCUT2D eigenvalue weighted by Gasteiger charge is -2.41. The Labute approximate surface area is 107 Å². The van der Waals surface area contributed by atoms with E-state index in [1.165, 1.54) is 17.7 Å². The normalized spacial score (nSPS) is 25.7. The van der Waals surface area contributed by atoms with Gasteiger partial charge in [0.25, 0.3) is 0 Å². The number of piperidine rings is 1. The molecule has 2 rings (SSSR count). The molecule has 0 saturated carbocycles.